The molecule has 40 heavy (non-hydrogen) atoms. The maximum absolute atomic E-state index is 12.1. The summed E-state index contributed by atoms with van der Waals surface area (Å²) >= 11 is 2.28. The van der Waals surface area contributed by atoms with Crippen molar-refractivity contribution in [3.05, 3.63) is 33.4 Å². The predicted octanol–water partition coefficient (Wildman–Crippen LogP) is 1.19. The highest BCUT2D eigenvalue weighted by Gasteiger charge is 2.20. The predicted molar refractivity (Wildman–Crippen MR) is 162 cm³/mol. The molecule has 11 nitrogen and oxygen atoms in total. The van der Waals surface area contributed by atoms with E-state index < -0.39 is 18.0 Å². The first-order chi connectivity index (χ1) is 19.2. The fourth-order valence-electron chi connectivity index (χ4n) is 3.73. The minimum absolute atomic E-state index is 0.0195. The molecule has 0 aliphatic heterocycles. The van der Waals surface area contributed by atoms with Crippen molar-refractivity contribution in [3.8, 4) is 0 Å². The normalized spacial score (nSPS) is 12.5. The van der Waals surface area contributed by atoms with Gasteiger partial charge in [0.2, 0.25) is 17.7 Å². The Balaban J connectivity index is 1.89. The minimum Gasteiger partial charge on any atom is -0.379 e. The zero-order valence-electron chi connectivity index (χ0n) is 23.6. The number of rotatable bonds is 24. The topological polar surface area (TPSA) is 175 Å². The number of benzene rings is 1. The standard InChI is InChI=1S/C28H46IN5O6/c1-21(34-24(20-30)28(31)38)25(35)13-16-39-18-19-40-17-15-33-26(36)7-3-2-4-14-32-27(37)8-5-6-22-9-11-23(29)12-10-22/h9-12,21,24,34H,2-8,13-20,30H2,1H3,(H2,31,38)(H,32,37)(H,33,36)/t21?,24-/m1/s1. The monoisotopic (exact) mass is 675 g/mol. The molecule has 226 valence electrons. The summed E-state index contributed by atoms with van der Waals surface area (Å²) in [7, 11) is 0. The third-order valence-electron chi connectivity index (χ3n) is 6.13. The number of nitrogens with two attached hydrogens (primary N) is 2. The van der Waals surface area contributed by atoms with Gasteiger partial charge in [0.25, 0.3) is 0 Å². The fraction of sp³-hybridized carbons (Fsp3) is 0.643. The Kier molecular flexibility index (Phi) is 20.2. The molecular formula is C28H46IN5O6. The summed E-state index contributed by atoms with van der Waals surface area (Å²) in [4.78, 5) is 47.1. The maximum Gasteiger partial charge on any atom is 0.235 e. The first-order valence-corrected chi connectivity index (χ1v) is 15.0. The molecule has 0 spiro atoms. The van der Waals surface area contributed by atoms with Crippen LogP contribution in [0.5, 0.6) is 0 Å². The Morgan fingerprint density at radius 3 is 2.10 bits per heavy atom. The number of carbonyl (C=O) groups is 4. The largest absolute Gasteiger partial charge is 0.379 e. The number of Topliss-reactive ketones (excluding diaryl/α,β-unsaturated/α-hetero) is 1. The van der Waals surface area contributed by atoms with Gasteiger partial charge in [-0.2, -0.15) is 0 Å². The molecule has 0 radical (unpaired) electrons. The van der Waals surface area contributed by atoms with Gasteiger partial charge in [-0.1, -0.05) is 18.6 Å². The van der Waals surface area contributed by atoms with Crippen molar-refractivity contribution in [1.29, 1.82) is 0 Å². The molecule has 0 saturated heterocycles. The Labute approximate surface area is 251 Å². The van der Waals surface area contributed by atoms with Crippen LogP contribution in [0.15, 0.2) is 24.3 Å². The third kappa shape index (κ3) is 18.3. The van der Waals surface area contributed by atoms with E-state index in [1.165, 1.54) is 9.13 Å². The van der Waals surface area contributed by atoms with Crippen LogP contribution < -0.4 is 27.4 Å². The quantitative estimate of drug-likeness (QED) is 0.0803. The van der Waals surface area contributed by atoms with Gasteiger partial charge in [-0.05, 0) is 72.9 Å². The highest BCUT2D eigenvalue weighted by atomic mass is 127. The van der Waals surface area contributed by atoms with E-state index in [2.05, 4.69) is 62.8 Å². The Hall–Kier alpha value is -2.13. The van der Waals surface area contributed by atoms with Crippen LogP contribution in [0.25, 0.3) is 0 Å². The van der Waals surface area contributed by atoms with Crippen LogP contribution in [0.4, 0.5) is 0 Å². The summed E-state index contributed by atoms with van der Waals surface area (Å²) in [6, 6.07) is 7.07. The summed E-state index contributed by atoms with van der Waals surface area (Å²) in [5.41, 5.74) is 11.9. The number of aryl methyl sites for hydroxylation is 1. The second-order valence-corrected chi connectivity index (χ2v) is 10.8. The van der Waals surface area contributed by atoms with Crippen LogP contribution in [-0.4, -0.2) is 81.7 Å². The highest BCUT2D eigenvalue weighted by Crippen LogP contribution is 2.09. The van der Waals surface area contributed by atoms with Gasteiger partial charge in [0.1, 0.15) is 0 Å². The lowest BCUT2D eigenvalue weighted by atomic mass is 10.1. The van der Waals surface area contributed by atoms with Gasteiger partial charge in [0.05, 0.1) is 38.5 Å². The van der Waals surface area contributed by atoms with Gasteiger partial charge < -0.3 is 31.6 Å². The molecule has 0 aliphatic rings. The molecule has 2 atom stereocenters. The molecule has 3 amide bonds. The van der Waals surface area contributed by atoms with E-state index in [0.29, 0.717) is 45.8 Å². The molecule has 0 heterocycles. The van der Waals surface area contributed by atoms with Gasteiger partial charge >= 0.3 is 0 Å². The van der Waals surface area contributed by atoms with Crippen molar-refractivity contribution >= 4 is 46.1 Å². The molecule has 1 unspecified atom stereocenters. The molecule has 1 aromatic carbocycles. The van der Waals surface area contributed by atoms with Gasteiger partial charge in [-0.3, -0.25) is 24.5 Å². The molecule has 1 aromatic rings. The van der Waals surface area contributed by atoms with E-state index in [-0.39, 0.29) is 37.2 Å². The molecule has 0 aromatic heterocycles. The van der Waals surface area contributed by atoms with Gasteiger partial charge in [0.15, 0.2) is 5.78 Å². The summed E-state index contributed by atoms with van der Waals surface area (Å²) in [5.74, 6) is -0.636. The number of ketones is 1. The van der Waals surface area contributed by atoms with E-state index >= 15 is 0 Å². The van der Waals surface area contributed by atoms with Crippen LogP contribution >= 0.6 is 22.6 Å². The van der Waals surface area contributed by atoms with E-state index in [9.17, 15) is 19.2 Å². The molecule has 0 aliphatic carbocycles. The molecule has 0 fully saturated rings. The number of unbranched alkanes of at least 4 members (excludes halogenated alkanes) is 2. The second-order valence-electron chi connectivity index (χ2n) is 9.51. The van der Waals surface area contributed by atoms with Crippen molar-refractivity contribution in [2.45, 2.75) is 70.4 Å². The van der Waals surface area contributed by atoms with E-state index in [4.69, 9.17) is 20.9 Å². The lowest BCUT2D eigenvalue weighted by Crippen LogP contribution is -2.52. The summed E-state index contributed by atoms with van der Waals surface area (Å²) in [5, 5.41) is 8.58. The average Bonchev–Trinajstić information content (AvgIpc) is 2.93. The zero-order chi connectivity index (χ0) is 29.6. The van der Waals surface area contributed by atoms with Crippen molar-refractivity contribution in [2.24, 2.45) is 11.5 Å². The number of amides is 3. The SMILES string of the molecule is CC(N[C@H](CN)C(N)=O)C(=O)CCOCCOCCNC(=O)CCCCCNC(=O)CCCc1ccc(I)cc1. The van der Waals surface area contributed by atoms with E-state index in [0.717, 1.165) is 32.1 Å². The molecular weight excluding hydrogens is 629 g/mol. The third-order valence-corrected chi connectivity index (χ3v) is 6.85. The van der Waals surface area contributed by atoms with Crippen LogP contribution in [0.3, 0.4) is 0 Å². The number of halogens is 1. The number of hydrogen-bond acceptors (Lipinski definition) is 8. The fourth-order valence-corrected chi connectivity index (χ4v) is 4.09. The zero-order valence-corrected chi connectivity index (χ0v) is 25.7. The Bertz CT molecular complexity index is 886. The average molecular weight is 676 g/mol. The van der Waals surface area contributed by atoms with Gasteiger partial charge in [-0.25, -0.2) is 0 Å². The van der Waals surface area contributed by atoms with Crippen molar-refractivity contribution in [3.63, 3.8) is 0 Å². The Morgan fingerprint density at radius 1 is 0.825 bits per heavy atom. The molecule has 7 N–H and O–H groups in total. The lowest BCUT2D eigenvalue weighted by molar-refractivity contribution is -0.123. The molecule has 12 heteroatoms. The summed E-state index contributed by atoms with van der Waals surface area (Å²) in [6.07, 6.45) is 5.39. The van der Waals surface area contributed by atoms with Crippen LogP contribution in [-0.2, 0) is 35.1 Å². The van der Waals surface area contributed by atoms with Crippen molar-refractivity contribution in [2.75, 3.05) is 46.1 Å². The minimum atomic E-state index is -0.738. The van der Waals surface area contributed by atoms with Crippen LogP contribution in [0.1, 0.15) is 57.4 Å². The number of hydrogen-bond donors (Lipinski definition) is 5. The molecule has 1 rings (SSSR count). The van der Waals surface area contributed by atoms with Crippen molar-refractivity contribution in [1.82, 2.24) is 16.0 Å². The van der Waals surface area contributed by atoms with Crippen LogP contribution in [0.2, 0.25) is 0 Å². The van der Waals surface area contributed by atoms with Crippen molar-refractivity contribution < 1.29 is 28.7 Å². The molecule has 0 bridgehead atoms. The van der Waals surface area contributed by atoms with E-state index in [1.54, 1.807) is 6.92 Å². The second kappa shape index (κ2) is 22.5. The number of carbonyl (C=O) groups excluding carboxylic acids is 4. The summed E-state index contributed by atoms with van der Waals surface area (Å²) < 4.78 is 12.0. The van der Waals surface area contributed by atoms with Crippen LogP contribution in [0, 0.1) is 3.57 Å². The maximum atomic E-state index is 12.1. The molecule has 0 saturated carbocycles. The first-order valence-electron chi connectivity index (χ1n) is 13.9. The smallest absolute Gasteiger partial charge is 0.235 e. The number of primary amides is 1. The number of ether oxygens (including phenoxy) is 2. The van der Waals surface area contributed by atoms with Gasteiger partial charge in [-0.15, -0.1) is 0 Å². The summed E-state index contributed by atoms with van der Waals surface area (Å²) in [6.45, 7) is 4.03. The Morgan fingerprint density at radius 2 is 1.45 bits per heavy atom. The van der Waals surface area contributed by atoms with Gasteiger partial charge in [0, 0.05) is 42.5 Å². The number of nitrogens with one attached hydrogen (secondary N) is 3. The first kappa shape index (κ1) is 35.9. The lowest BCUT2D eigenvalue weighted by Gasteiger charge is -2.18. The highest BCUT2D eigenvalue weighted by molar-refractivity contribution is 14.1. The van der Waals surface area contributed by atoms with E-state index in [1.807, 2.05) is 0 Å².